The van der Waals surface area contributed by atoms with E-state index in [9.17, 15) is 4.79 Å². The van der Waals surface area contributed by atoms with Gasteiger partial charge in [-0.2, -0.15) is 0 Å². The first-order valence-corrected chi connectivity index (χ1v) is 6.85. The maximum Gasteiger partial charge on any atom is 0.220 e. The van der Waals surface area contributed by atoms with Crippen LogP contribution in [0.2, 0.25) is 0 Å². The highest BCUT2D eigenvalue weighted by atomic mass is 16.1. The van der Waals surface area contributed by atoms with Crippen LogP contribution in [0.15, 0.2) is 0 Å². The standard InChI is InChI=1S/C14H25NO/c1-9(2)6-14(16)15-10(3)13-8-11-4-5-12(13)7-11/h9-13H,4-8H2,1-3H3,(H,15,16)/t10-,11-,12-,13-/m1/s1. The van der Waals surface area contributed by atoms with Gasteiger partial charge in [0, 0.05) is 12.5 Å². The maximum atomic E-state index is 11.7. The molecule has 0 heterocycles. The van der Waals surface area contributed by atoms with E-state index in [0.29, 0.717) is 18.4 Å². The van der Waals surface area contributed by atoms with Crippen LogP contribution in [0, 0.1) is 23.7 Å². The first-order valence-electron chi connectivity index (χ1n) is 6.85. The van der Waals surface area contributed by atoms with Gasteiger partial charge in [-0.05, 0) is 49.9 Å². The van der Waals surface area contributed by atoms with E-state index in [1.807, 2.05) is 0 Å². The predicted octanol–water partition coefficient (Wildman–Crippen LogP) is 2.97. The van der Waals surface area contributed by atoms with Gasteiger partial charge < -0.3 is 5.32 Å². The Hall–Kier alpha value is -0.530. The molecule has 2 nitrogen and oxygen atoms in total. The molecule has 0 aromatic carbocycles. The highest BCUT2D eigenvalue weighted by molar-refractivity contribution is 5.76. The Morgan fingerprint density at radius 2 is 2.00 bits per heavy atom. The second kappa shape index (κ2) is 4.77. The van der Waals surface area contributed by atoms with Gasteiger partial charge in [0.05, 0.1) is 0 Å². The minimum atomic E-state index is 0.241. The summed E-state index contributed by atoms with van der Waals surface area (Å²) in [4.78, 5) is 11.7. The van der Waals surface area contributed by atoms with Crippen LogP contribution in [-0.2, 0) is 4.79 Å². The normalized spacial score (nSPS) is 34.4. The monoisotopic (exact) mass is 223 g/mol. The zero-order valence-electron chi connectivity index (χ0n) is 10.8. The molecule has 2 saturated carbocycles. The van der Waals surface area contributed by atoms with Crippen LogP contribution in [0.3, 0.4) is 0 Å². The maximum absolute atomic E-state index is 11.7. The summed E-state index contributed by atoms with van der Waals surface area (Å²) in [6, 6.07) is 0.390. The van der Waals surface area contributed by atoms with Crippen LogP contribution in [0.1, 0.15) is 52.9 Å². The fraction of sp³-hybridized carbons (Fsp3) is 0.929. The van der Waals surface area contributed by atoms with Crippen molar-refractivity contribution >= 4 is 5.91 Å². The van der Waals surface area contributed by atoms with Crippen molar-refractivity contribution in [1.82, 2.24) is 5.32 Å². The third-order valence-electron chi connectivity index (χ3n) is 4.42. The smallest absolute Gasteiger partial charge is 0.220 e. The minimum Gasteiger partial charge on any atom is -0.353 e. The number of carbonyl (C=O) groups excluding carboxylic acids is 1. The van der Waals surface area contributed by atoms with Crippen LogP contribution in [0.5, 0.6) is 0 Å². The second-order valence-electron chi connectivity index (χ2n) is 6.29. The molecule has 1 amide bonds. The topological polar surface area (TPSA) is 29.1 Å². The highest BCUT2D eigenvalue weighted by Crippen LogP contribution is 2.49. The van der Waals surface area contributed by atoms with E-state index in [1.165, 1.54) is 25.7 Å². The summed E-state index contributed by atoms with van der Waals surface area (Å²) >= 11 is 0. The average molecular weight is 223 g/mol. The molecular weight excluding hydrogens is 198 g/mol. The lowest BCUT2D eigenvalue weighted by molar-refractivity contribution is -0.122. The molecule has 0 unspecified atom stereocenters. The largest absolute Gasteiger partial charge is 0.353 e. The van der Waals surface area contributed by atoms with Crippen molar-refractivity contribution in [3.05, 3.63) is 0 Å². The SMILES string of the molecule is CC(C)CC(=O)N[C@H](C)[C@H]1C[C@@H]2CC[C@@H]1C2. The molecule has 2 rings (SSSR count). The molecule has 0 aliphatic heterocycles. The Labute approximate surface area is 99.2 Å². The van der Waals surface area contributed by atoms with Crippen molar-refractivity contribution < 1.29 is 4.79 Å². The number of rotatable bonds is 4. The van der Waals surface area contributed by atoms with E-state index in [0.717, 1.165) is 17.8 Å². The number of hydrogen-bond donors (Lipinski definition) is 1. The summed E-state index contributed by atoms with van der Waals surface area (Å²) in [5.41, 5.74) is 0. The lowest BCUT2D eigenvalue weighted by Crippen LogP contribution is -2.40. The average Bonchev–Trinajstić information content (AvgIpc) is 2.76. The zero-order chi connectivity index (χ0) is 11.7. The third-order valence-corrected chi connectivity index (χ3v) is 4.42. The summed E-state index contributed by atoms with van der Waals surface area (Å²) < 4.78 is 0. The molecule has 2 fully saturated rings. The van der Waals surface area contributed by atoms with E-state index >= 15 is 0 Å². The molecule has 1 N–H and O–H groups in total. The first-order chi connectivity index (χ1) is 7.56. The fourth-order valence-electron chi connectivity index (χ4n) is 3.70. The van der Waals surface area contributed by atoms with Gasteiger partial charge in [-0.25, -0.2) is 0 Å². The van der Waals surface area contributed by atoms with E-state index in [1.54, 1.807) is 0 Å². The van der Waals surface area contributed by atoms with Gasteiger partial charge >= 0.3 is 0 Å². The van der Waals surface area contributed by atoms with Gasteiger partial charge in [0.1, 0.15) is 0 Å². The molecule has 0 saturated heterocycles. The Kier molecular flexibility index (Phi) is 3.56. The second-order valence-corrected chi connectivity index (χ2v) is 6.29. The molecule has 0 spiro atoms. The van der Waals surface area contributed by atoms with Gasteiger partial charge in [-0.1, -0.05) is 20.3 Å². The molecule has 92 valence electrons. The van der Waals surface area contributed by atoms with Gasteiger partial charge in [-0.3, -0.25) is 4.79 Å². The lowest BCUT2D eigenvalue weighted by atomic mass is 9.84. The van der Waals surface area contributed by atoms with Crippen molar-refractivity contribution in [3.63, 3.8) is 0 Å². The van der Waals surface area contributed by atoms with Crippen LogP contribution < -0.4 is 5.32 Å². The quantitative estimate of drug-likeness (QED) is 0.780. The van der Waals surface area contributed by atoms with E-state index in [2.05, 4.69) is 26.1 Å². The molecule has 2 aliphatic rings. The molecular formula is C14H25NO. The minimum absolute atomic E-state index is 0.241. The van der Waals surface area contributed by atoms with Crippen LogP contribution >= 0.6 is 0 Å². The zero-order valence-corrected chi connectivity index (χ0v) is 10.8. The molecule has 0 radical (unpaired) electrons. The van der Waals surface area contributed by atoms with Crippen LogP contribution in [0.4, 0.5) is 0 Å². The van der Waals surface area contributed by atoms with E-state index < -0.39 is 0 Å². The predicted molar refractivity (Wildman–Crippen MR) is 66.0 cm³/mol. The number of nitrogens with one attached hydrogen (secondary N) is 1. The molecule has 16 heavy (non-hydrogen) atoms. The molecule has 0 aromatic heterocycles. The molecule has 2 heteroatoms. The van der Waals surface area contributed by atoms with Crippen molar-refractivity contribution in [3.8, 4) is 0 Å². The van der Waals surface area contributed by atoms with Gasteiger partial charge in [0.15, 0.2) is 0 Å². The summed E-state index contributed by atoms with van der Waals surface area (Å²) in [5.74, 6) is 3.34. The highest BCUT2D eigenvalue weighted by Gasteiger charge is 2.42. The van der Waals surface area contributed by atoms with Crippen molar-refractivity contribution in [1.29, 1.82) is 0 Å². The molecule has 0 aromatic rings. The van der Waals surface area contributed by atoms with E-state index in [-0.39, 0.29) is 5.91 Å². The lowest BCUT2D eigenvalue weighted by Gasteiger charge is -2.28. The van der Waals surface area contributed by atoms with Gasteiger partial charge in [0.25, 0.3) is 0 Å². The number of amides is 1. The summed E-state index contributed by atoms with van der Waals surface area (Å²) in [5, 5.41) is 3.20. The van der Waals surface area contributed by atoms with Crippen LogP contribution in [0.25, 0.3) is 0 Å². The summed E-state index contributed by atoms with van der Waals surface area (Å²) in [7, 11) is 0. The summed E-state index contributed by atoms with van der Waals surface area (Å²) in [6.07, 6.45) is 6.29. The molecule has 4 atom stereocenters. The van der Waals surface area contributed by atoms with Crippen LogP contribution in [-0.4, -0.2) is 11.9 Å². The Morgan fingerprint density at radius 3 is 2.50 bits per heavy atom. The molecule has 2 aliphatic carbocycles. The summed E-state index contributed by atoms with van der Waals surface area (Å²) in [6.45, 7) is 6.40. The number of hydrogen-bond acceptors (Lipinski definition) is 1. The fourth-order valence-corrected chi connectivity index (χ4v) is 3.70. The Morgan fingerprint density at radius 1 is 1.25 bits per heavy atom. The number of carbonyl (C=O) groups is 1. The van der Waals surface area contributed by atoms with Crippen molar-refractivity contribution in [2.75, 3.05) is 0 Å². The molecule has 2 bridgehead atoms. The van der Waals surface area contributed by atoms with E-state index in [4.69, 9.17) is 0 Å². The first kappa shape index (κ1) is 11.9. The number of fused-ring (bicyclic) bond motifs is 2. The van der Waals surface area contributed by atoms with Gasteiger partial charge in [-0.15, -0.1) is 0 Å². The van der Waals surface area contributed by atoms with Crippen molar-refractivity contribution in [2.24, 2.45) is 23.7 Å². The third kappa shape index (κ3) is 2.58. The Balaban J connectivity index is 1.80. The Bertz CT molecular complexity index is 261. The van der Waals surface area contributed by atoms with Crippen molar-refractivity contribution in [2.45, 2.75) is 58.9 Å². The van der Waals surface area contributed by atoms with Gasteiger partial charge in [0.2, 0.25) is 5.91 Å².